The summed E-state index contributed by atoms with van der Waals surface area (Å²) in [6.07, 6.45) is 6.72. The van der Waals surface area contributed by atoms with Gasteiger partial charge in [-0.25, -0.2) is 9.18 Å². The highest BCUT2D eigenvalue weighted by Crippen LogP contribution is 2.44. The van der Waals surface area contributed by atoms with Crippen molar-refractivity contribution in [3.63, 3.8) is 0 Å². The highest BCUT2D eigenvalue weighted by atomic mass is 19.1. The Balaban J connectivity index is 1.30. The van der Waals surface area contributed by atoms with Crippen molar-refractivity contribution in [2.75, 3.05) is 19.5 Å². The number of benzene rings is 2. The van der Waals surface area contributed by atoms with E-state index >= 15 is 4.39 Å². The molecule has 0 spiro atoms. The highest BCUT2D eigenvalue weighted by Gasteiger charge is 2.42. The predicted molar refractivity (Wildman–Crippen MR) is 149 cm³/mol. The van der Waals surface area contributed by atoms with E-state index in [1.165, 1.54) is 13.2 Å². The molecule has 1 heterocycles. The van der Waals surface area contributed by atoms with Gasteiger partial charge in [0.15, 0.2) is 0 Å². The first kappa shape index (κ1) is 26.8. The third kappa shape index (κ3) is 5.96. The molecular weight excluding hydrogens is 495 g/mol. The minimum Gasteiger partial charge on any atom is -0.453 e. The van der Waals surface area contributed by atoms with E-state index in [1.807, 2.05) is 42.5 Å². The fourth-order valence-corrected chi connectivity index (χ4v) is 5.57. The van der Waals surface area contributed by atoms with E-state index in [1.54, 1.807) is 24.2 Å². The second kappa shape index (κ2) is 11.1. The predicted octanol–water partition coefficient (Wildman–Crippen LogP) is 6.09. The van der Waals surface area contributed by atoms with Crippen LogP contribution in [0.1, 0.15) is 50.5 Å². The van der Waals surface area contributed by atoms with Gasteiger partial charge in [0.2, 0.25) is 5.91 Å². The van der Waals surface area contributed by atoms with Crippen LogP contribution >= 0.6 is 0 Å². The monoisotopic (exact) mass is 530 g/mol. The van der Waals surface area contributed by atoms with Crippen LogP contribution in [-0.4, -0.2) is 42.1 Å². The lowest BCUT2D eigenvalue weighted by Gasteiger charge is -2.33. The first-order valence-electron chi connectivity index (χ1n) is 13.5. The molecule has 0 radical (unpaired) electrons. The molecule has 2 fully saturated rings. The summed E-state index contributed by atoms with van der Waals surface area (Å²) in [4.78, 5) is 31.1. The Kier molecular flexibility index (Phi) is 7.66. The van der Waals surface area contributed by atoms with Crippen molar-refractivity contribution in [3.8, 4) is 22.4 Å². The molecule has 2 aliphatic carbocycles. The van der Waals surface area contributed by atoms with Crippen molar-refractivity contribution < 1.29 is 18.7 Å². The van der Waals surface area contributed by atoms with E-state index in [-0.39, 0.29) is 29.8 Å². The first-order chi connectivity index (χ1) is 18.8. The number of hydrogen-bond donors (Lipinski definition) is 2. The summed E-state index contributed by atoms with van der Waals surface area (Å²) in [6.45, 7) is 0. The molecule has 0 aliphatic heterocycles. The maximum atomic E-state index is 15.0. The van der Waals surface area contributed by atoms with Crippen molar-refractivity contribution in [1.82, 2.24) is 9.88 Å². The number of halogens is 1. The van der Waals surface area contributed by atoms with E-state index < -0.39 is 5.54 Å². The van der Waals surface area contributed by atoms with Crippen LogP contribution < -0.4 is 11.1 Å². The van der Waals surface area contributed by atoms with Crippen LogP contribution in [0.3, 0.4) is 0 Å². The summed E-state index contributed by atoms with van der Waals surface area (Å²) in [6, 6.07) is 16.9. The number of nitrogens with one attached hydrogen (secondary N) is 1. The fourth-order valence-electron chi connectivity index (χ4n) is 5.57. The van der Waals surface area contributed by atoms with Crippen molar-refractivity contribution in [2.24, 2.45) is 11.7 Å². The van der Waals surface area contributed by atoms with Gasteiger partial charge >= 0.3 is 6.09 Å². The van der Waals surface area contributed by atoms with Gasteiger partial charge in [0.05, 0.1) is 24.7 Å². The Morgan fingerprint density at radius 3 is 2.44 bits per heavy atom. The SMILES string of the molecule is COC(=O)N(C)C1CCC(CC(=O)Nc2cnc(-c3ccc(C4(N)CC4)c(F)c3)c(-c3ccccc3)c2)CC1. The van der Waals surface area contributed by atoms with Gasteiger partial charge in [-0.2, -0.15) is 0 Å². The van der Waals surface area contributed by atoms with Crippen LogP contribution in [-0.2, 0) is 15.1 Å². The molecule has 39 heavy (non-hydrogen) atoms. The maximum Gasteiger partial charge on any atom is 0.409 e. The molecule has 3 aromatic rings. The number of rotatable bonds is 7. The van der Waals surface area contributed by atoms with Crippen molar-refractivity contribution in [2.45, 2.75) is 56.5 Å². The zero-order valence-corrected chi connectivity index (χ0v) is 22.5. The van der Waals surface area contributed by atoms with Crippen LogP contribution in [0.2, 0.25) is 0 Å². The molecule has 204 valence electrons. The minimum atomic E-state index is -0.553. The van der Waals surface area contributed by atoms with Crippen LogP contribution in [0, 0.1) is 11.7 Å². The third-order valence-corrected chi connectivity index (χ3v) is 8.12. The van der Waals surface area contributed by atoms with Gasteiger partial charge in [-0.15, -0.1) is 0 Å². The summed E-state index contributed by atoms with van der Waals surface area (Å²) >= 11 is 0. The molecule has 7 nitrogen and oxygen atoms in total. The van der Waals surface area contributed by atoms with Crippen molar-refractivity contribution >= 4 is 17.7 Å². The zero-order valence-electron chi connectivity index (χ0n) is 22.5. The number of ether oxygens (including phenoxy) is 1. The smallest absolute Gasteiger partial charge is 0.409 e. The number of amides is 2. The van der Waals surface area contributed by atoms with E-state index in [0.717, 1.165) is 49.7 Å². The van der Waals surface area contributed by atoms with Gasteiger partial charge in [0.1, 0.15) is 5.82 Å². The second-order valence-electron chi connectivity index (χ2n) is 10.8. The Labute approximate surface area is 228 Å². The second-order valence-corrected chi connectivity index (χ2v) is 10.8. The molecule has 2 aliphatic rings. The zero-order chi connectivity index (χ0) is 27.6. The van der Waals surface area contributed by atoms with Gasteiger partial charge in [-0.3, -0.25) is 9.78 Å². The number of hydrogen-bond acceptors (Lipinski definition) is 5. The molecule has 0 atom stereocenters. The van der Waals surface area contributed by atoms with Gasteiger partial charge in [-0.1, -0.05) is 42.5 Å². The van der Waals surface area contributed by atoms with E-state index in [2.05, 4.69) is 10.3 Å². The largest absolute Gasteiger partial charge is 0.453 e. The Morgan fingerprint density at radius 2 is 1.79 bits per heavy atom. The minimum absolute atomic E-state index is 0.0681. The van der Waals surface area contributed by atoms with Crippen LogP contribution in [0.25, 0.3) is 22.4 Å². The lowest BCUT2D eigenvalue weighted by Crippen LogP contribution is -2.39. The molecule has 3 N–H and O–H groups in total. The molecule has 2 saturated carbocycles. The number of methoxy groups -OCH3 is 1. The molecule has 5 rings (SSSR count). The highest BCUT2D eigenvalue weighted by molar-refractivity contribution is 5.93. The molecule has 0 saturated heterocycles. The molecule has 2 amide bonds. The lowest BCUT2D eigenvalue weighted by atomic mass is 9.83. The summed E-state index contributed by atoms with van der Waals surface area (Å²) in [5, 5.41) is 3.01. The Morgan fingerprint density at radius 1 is 1.08 bits per heavy atom. The quantitative estimate of drug-likeness (QED) is 0.385. The summed E-state index contributed by atoms with van der Waals surface area (Å²) < 4.78 is 19.8. The first-order valence-corrected chi connectivity index (χ1v) is 13.5. The topological polar surface area (TPSA) is 97.5 Å². The fraction of sp³-hybridized carbons (Fsp3) is 0.387. The lowest BCUT2D eigenvalue weighted by molar-refractivity contribution is -0.117. The molecule has 0 unspecified atom stereocenters. The van der Waals surface area contributed by atoms with Gasteiger partial charge in [0.25, 0.3) is 0 Å². The maximum absolute atomic E-state index is 15.0. The normalized spacial score (nSPS) is 19.7. The molecule has 0 bridgehead atoms. The summed E-state index contributed by atoms with van der Waals surface area (Å²) in [7, 11) is 3.15. The third-order valence-electron chi connectivity index (χ3n) is 8.12. The number of anilines is 1. The van der Waals surface area contributed by atoms with Crippen LogP contribution in [0.5, 0.6) is 0 Å². The summed E-state index contributed by atoms with van der Waals surface area (Å²) in [5.41, 5.74) is 9.84. The van der Waals surface area contributed by atoms with E-state index in [9.17, 15) is 9.59 Å². The van der Waals surface area contributed by atoms with Crippen molar-refractivity contribution in [1.29, 1.82) is 0 Å². The average molecular weight is 531 g/mol. The van der Waals surface area contributed by atoms with E-state index in [0.29, 0.717) is 28.9 Å². The number of nitrogens with two attached hydrogens (primary N) is 1. The number of aromatic nitrogens is 1. The number of carbonyl (C=O) groups excluding carboxylic acids is 2. The number of nitrogens with zero attached hydrogens (tertiary/aromatic N) is 2. The Bertz CT molecular complexity index is 1350. The number of carbonyl (C=O) groups is 2. The van der Waals surface area contributed by atoms with Crippen LogP contribution in [0.15, 0.2) is 60.8 Å². The van der Waals surface area contributed by atoms with Crippen LogP contribution in [0.4, 0.5) is 14.9 Å². The van der Waals surface area contributed by atoms with Gasteiger partial charge in [-0.05, 0) is 62.1 Å². The average Bonchev–Trinajstić information content (AvgIpc) is 3.70. The van der Waals surface area contributed by atoms with E-state index in [4.69, 9.17) is 10.5 Å². The molecule has 2 aromatic carbocycles. The standard InChI is InChI=1S/C31H35FN4O3/c1-36(30(38)39-2)24-11-8-20(9-12-24)16-28(37)35-23-18-25(21-6-4-3-5-7-21)29(34-19-23)22-10-13-26(27(32)17-22)31(33)14-15-31/h3-7,10,13,17-20,24H,8-9,11-12,14-16,33H2,1-2H3,(H,35,37). The molecular formula is C31H35FN4O3. The van der Waals surface area contributed by atoms with Gasteiger partial charge < -0.3 is 20.7 Å². The van der Waals surface area contributed by atoms with Gasteiger partial charge in [0, 0.05) is 41.7 Å². The molecule has 8 heteroatoms. The van der Waals surface area contributed by atoms with Crippen molar-refractivity contribution in [3.05, 3.63) is 72.2 Å². The molecule has 1 aromatic heterocycles. The Hall–Kier alpha value is -3.78. The summed E-state index contributed by atoms with van der Waals surface area (Å²) in [5.74, 6) is -0.133. The number of pyridine rings is 1.